The molecule has 5 nitrogen and oxygen atoms in total. The van der Waals surface area contributed by atoms with Gasteiger partial charge in [-0.15, -0.1) is 0 Å². The van der Waals surface area contributed by atoms with Gasteiger partial charge in [0.05, 0.1) is 18.3 Å². The maximum Gasteiger partial charge on any atom is 0.272 e. The number of aromatic nitrogens is 2. The molecule has 1 aliphatic rings. The second kappa shape index (κ2) is 6.39. The predicted molar refractivity (Wildman–Crippen MR) is 77.7 cm³/mol. The summed E-state index contributed by atoms with van der Waals surface area (Å²) in [5.41, 5.74) is 1.68. The van der Waals surface area contributed by atoms with Crippen LogP contribution >= 0.6 is 0 Å². The topological polar surface area (TPSA) is 47.4 Å². The molecule has 0 aromatic carbocycles. The highest BCUT2D eigenvalue weighted by molar-refractivity contribution is 5.93. The van der Waals surface area contributed by atoms with Crippen molar-refractivity contribution in [2.45, 2.75) is 39.2 Å². The molecule has 1 aromatic rings. The molecular weight excluding hydrogens is 254 g/mol. The number of amides is 1. The Morgan fingerprint density at radius 1 is 1.55 bits per heavy atom. The third-order valence-electron chi connectivity index (χ3n) is 3.76. The largest absolute Gasteiger partial charge is 0.383 e. The number of ether oxygens (including phenoxy) is 1. The first-order valence-corrected chi connectivity index (χ1v) is 7.35. The van der Waals surface area contributed by atoms with Crippen LogP contribution in [0.2, 0.25) is 0 Å². The van der Waals surface area contributed by atoms with Crippen molar-refractivity contribution in [3.05, 3.63) is 17.5 Å². The third kappa shape index (κ3) is 3.20. The molecule has 2 heterocycles. The van der Waals surface area contributed by atoms with Gasteiger partial charge in [-0.1, -0.05) is 13.8 Å². The van der Waals surface area contributed by atoms with Crippen LogP contribution in [-0.2, 0) is 18.2 Å². The summed E-state index contributed by atoms with van der Waals surface area (Å²) in [7, 11) is 3.53. The first kappa shape index (κ1) is 15.0. The Hall–Kier alpha value is -1.36. The standard InChI is InChI=1S/C15H25N3O2/c1-11(2)8-12-9-14(17(3)16-12)15(19)18-7-5-6-13(18)10-20-4/h9,11,13H,5-8,10H2,1-4H3/t13-/m0/s1. The molecule has 5 heteroatoms. The van der Waals surface area contributed by atoms with E-state index in [1.807, 2.05) is 18.0 Å². The average Bonchev–Trinajstić information content (AvgIpc) is 2.95. The second-order valence-corrected chi connectivity index (χ2v) is 5.99. The fourth-order valence-electron chi connectivity index (χ4n) is 2.86. The van der Waals surface area contributed by atoms with Gasteiger partial charge in [-0.3, -0.25) is 9.48 Å². The van der Waals surface area contributed by atoms with E-state index < -0.39 is 0 Å². The van der Waals surface area contributed by atoms with Crippen LogP contribution in [0.5, 0.6) is 0 Å². The van der Waals surface area contributed by atoms with Gasteiger partial charge in [-0.25, -0.2) is 0 Å². The van der Waals surface area contributed by atoms with Gasteiger partial charge in [0.1, 0.15) is 5.69 Å². The summed E-state index contributed by atoms with van der Waals surface area (Å²) in [5.74, 6) is 0.621. The highest BCUT2D eigenvalue weighted by Crippen LogP contribution is 2.21. The van der Waals surface area contributed by atoms with E-state index in [4.69, 9.17) is 4.74 Å². The van der Waals surface area contributed by atoms with E-state index in [1.165, 1.54) is 0 Å². The predicted octanol–water partition coefficient (Wildman–Crippen LogP) is 1.87. The van der Waals surface area contributed by atoms with Gasteiger partial charge >= 0.3 is 0 Å². The number of carbonyl (C=O) groups excluding carboxylic acids is 1. The molecule has 1 aliphatic heterocycles. The van der Waals surface area contributed by atoms with E-state index in [2.05, 4.69) is 18.9 Å². The minimum Gasteiger partial charge on any atom is -0.383 e. The molecule has 0 N–H and O–H groups in total. The van der Waals surface area contributed by atoms with Gasteiger partial charge in [-0.2, -0.15) is 5.10 Å². The van der Waals surface area contributed by atoms with Crippen LogP contribution in [0.15, 0.2) is 6.07 Å². The van der Waals surface area contributed by atoms with Crippen molar-refractivity contribution in [1.82, 2.24) is 14.7 Å². The number of methoxy groups -OCH3 is 1. The summed E-state index contributed by atoms with van der Waals surface area (Å²) < 4.78 is 6.92. The lowest BCUT2D eigenvalue weighted by molar-refractivity contribution is 0.0620. The van der Waals surface area contributed by atoms with E-state index in [-0.39, 0.29) is 11.9 Å². The van der Waals surface area contributed by atoms with E-state index in [0.717, 1.165) is 31.5 Å². The van der Waals surface area contributed by atoms with Crippen molar-refractivity contribution in [3.8, 4) is 0 Å². The maximum atomic E-state index is 12.7. The Kier molecular flexibility index (Phi) is 4.81. The van der Waals surface area contributed by atoms with Crippen molar-refractivity contribution < 1.29 is 9.53 Å². The first-order chi connectivity index (χ1) is 9.52. The minimum absolute atomic E-state index is 0.0783. The lowest BCUT2D eigenvalue weighted by Crippen LogP contribution is -2.38. The minimum atomic E-state index is 0.0783. The summed E-state index contributed by atoms with van der Waals surface area (Å²) in [4.78, 5) is 14.6. The highest BCUT2D eigenvalue weighted by Gasteiger charge is 2.31. The number of likely N-dealkylation sites (tertiary alicyclic amines) is 1. The Labute approximate surface area is 120 Å². The fourth-order valence-corrected chi connectivity index (χ4v) is 2.86. The quantitative estimate of drug-likeness (QED) is 0.826. The van der Waals surface area contributed by atoms with Crippen molar-refractivity contribution in [2.24, 2.45) is 13.0 Å². The number of carbonyl (C=O) groups is 1. The maximum absolute atomic E-state index is 12.7. The average molecular weight is 279 g/mol. The smallest absolute Gasteiger partial charge is 0.272 e. The zero-order valence-corrected chi connectivity index (χ0v) is 12.9. The molecule has 1 aromatic heterocycles. The molecule has 20 heavy (non-hydrogen) atoms. The zero-order valence-electron chi connectivity index (χ0n) is 12.9. The summed E-state index contributed by atoms with van der Waals surface area (Å²) in [6.45, 7) is 5.75. The number of hydrogen-bond acceptors (Lipinski definition) is 3. The second-order valence-electron chi connectivity index (χ2n) is 5.99. The van der Waals surface area contributed by atoms with Gasteiger partial charge in [0.15, 0.2) is 0 Å². The molecule has 1 saturated heterocycles. The monoisotopic (exact) mass is 279 g/mol. The fraction of sp³-hybridized carbons (Fsp3) is 0.733. The van der Waals surface area contributed by atoms with Crippen LogP contribution in [0.1, 0.15) is 42.9 Å². The highest BCUT2D eigenvalue weighted by atomic mass is 16.5. The van der Waals surface area contributed by atoms with E-state index >= 15 is 0 Å². The van der Waals surface area contributed by atoms with Crippen molar-refractivity contribution in [3.63, 3.8) is 0 Å². The molecule has 2 rings (SSSR count). The Morgan fingerprint density at radius 3 is 2.95 bits per heavy atom. The normalized spacial score (nSPS) is 19.1. The molecule has 0 radical (unpaired) electrons. The molecule has 0 bridgehead atoms. The third-order valence-corrected chi connectivity index (χ3v) is 3.76. The molecule has 1 amide bonds. The van der Waals surface area contributed by atoms with E-state index in [9.17, 15) is 4.79 Å². The lowest BCUT2D eigenvalue weighted by Gasteiger charge is -2.23. The zero-order chi connectivity index (χ0) is 14.7. The molecule has 1 atom stereocenters. The van der Waals surface area contributed by atoms with Crippen LogP contribution < -0.4 is 0 Å². The van der Waals surface area contributed by atoms with Crippen LogP contribution in [0.25, 0.3) is 0 Å². The van der Waals surface area contributed by atoms with Gasteiger partial charge in [0, 0.05) is 20.7 Å². The molecule has 1 fully saturated rings. The molecular formula is C15H25N3O2. The molecule has 0 saturated carbocycles. The summed E-state index contributed by atoms with van der Waals surface area (Å²) >= 11 is 0. The number of nitrogens with zero attached hydrogens (tertiary/aromatic N) is 3. The number of rotatable bonds is 5. The van der Waals surface area contributed by atoms with Crippen molar-refractivity contribution >= 4 is 5.91 Å². The molecule has 0 unspecified atom stereocenters. The molecule has 0 spiro atoms. The first-order valence-electron chi connectivity index (χ1n) is 7.35. The van der Waals surface area contributed by atoms with Gasteiger partial charge < -0.3 is 9.64 Å². The van der Waals surface area contributed by atoms with Gasteiger partial charge in [-0.05, 0) is 31.2 Å². The SMILES string of the molecule is COC[C@@H]1CCCN1C(=O)c1cc(CC(C)C)nn1C. The molecule has 0 aliphatic carbocycles. The lowest BCUT2D eigenvalue weighted by atomic mass is 10.1. The van der Waals surface area contributed by atoms with Gasteiger partial charge in [0.25, 0.3) is 5.91 Å². The Bertz CT molecular complexity index is 468. The van der Waals surface area contributed by atoms with E-state index in [1.54, 1.807) is 11.8 Å². The Morgan fingerprint density at radius 2 is 2.30 bits per heavy atom. The van der Waals surface area contributed by atoms with Crippen LogP contribution in [0.4, 0.5) is 0 Å². The van der Waals surface area contributed by atoms with Gasteiger partial charge in [0.2, 0.25) is 0 Å². The van der Waals surface area contributed by atoms with Crippen molar-refractivity contribution in [1.29, 1.82) is 0 Å². The molecule has 112 valence electrons. The summed E-state index contributed by atoms with van der Waals surface area (Å²) in [5, 5.41) is 4.45. The summed E-state index contributed by atoms with van der Waals surface area (Å²) in [6, 6.07) is 2.14. The van der Waals surface area contributed by atoms with Crippen LogP contribution in [0, 0.1) is 5.92 Å². The van der Waals surface area contributed by atoms with E-state index in [0.29, 0.717) is 18.2 Å². The van der Waals surface area contributed by atoms with Crippen LogP contribution in [0.3, 0.4) is 0 Å². The number of aryl methyl sites for hydroxylation is 1. The van der Waals surface area contributed by atoms with Crippen molar-refractivity contribution in [2.75, 3.05) is 20.3 Å². The Balaban J connectivity index is 2.14. The summed E-state index contributed by atoms with van der Waals surface area (Å²) in [6.07, 6.45) is 2.98. The van der Waals surface area contributed by atoms with Crippen LogP contribution in [-0.4, -0.2) is 46.9 Å². The number of hydrogen-bond donors (Lipinski definition) is 0.